The van der Waals surface area contributed by atoms with E-state index in [1.807, 2.05) is 18.2 Å². The topological polar surface area (TPSA) is 47.6 Å². The van der Waals surface area contributed by atoms with Crippen LogP contribution in [0.3, 0.4) is 0 Å². The van der Waals surface area contributed by atoms with E-state index in [0.717, 1.165) is 29.7 Å². The van der Waals surface area contributed by atoms with Gasteiger partial charge in [0.1, 0.15) is 0 Å². The van der Waals surface area contributed by atoms with E-state index >= 15 is 0 Å². The Hall–Kier alpha value is -1.80. The zero-order valence-corrected chi connectivity index (χ0v) is 14.4. The van der Waals surface area contributed by atoms with Crippen LogP contribution in [0.25, 0.3) is 0 Å². The van der Waals surface area contributed by atoms with E-state index in [9.17, 15) is 5.26 Å². The summed E-state index contributed by atoms with van der Waals surface area (Å²) in [6.45, 7) is 0. The molecule has 24 heavy (non-hydrogen) atoms. The summed E-state index contributed by atoms with van der Waals surface area (Å²) in [7, 11) is 0. The lowest BCUT2D eigenvalue weighted by molar-refractivity contribution is -0.0656. The lowest BCUT2D eigenvalue weighted by Gasteiger charge is -2.58. The minimum Gasteiger partial charge on any atom is -0.198 e. The third-order valence-corrected chi connectivity index (χ3v) is 7.05. The summed E-state index contributed by atoms with van der Waals surface area (Å²) in [5.41, 5.74) is 0.997. The molecule has 1 atom stereocenters. The molecule has 1 aromatic rings. The first-order chi connectivity index (χ1) is 11.7. The van der Waals surface area contributed by atoms with Gasteiger partial charge in [0.05, 0.1) is 17.6 Å². The molecular weight excluding hydrogens is 292 g/mol. The largest absolute Gasteiger partial charge is 0.198 e. The first-order valence-corrected chi connectivity index (χ1v) is 9.51. The van der Waals surface area contributed by atoms with Crippen LogP contribution in [0.15, 0.2) is 30.3 Å². The van der Waals surface area contributed by atoms with Gasteiger partial charge in [-0.1, -0.05) is 30.3 Å². The predicted molar refractivity (Wildman–Crippen MR) is 93.8 cm³/mol. The third kappa shape index (κ3) is 2.63. The Balaban J connectivity index is 1.67. The summed E-state index contributed by atoms with van der Waals surface area (Å²) < 4.78 is 0. The molecule has 0 radical (unpaired) electrons. The van der Waals surface area contributed by atoms with Crippen molar-refractivity contribution < 1.29 is 0 Å². The van der Waals surface area contributed by atoms with Gasteiger partial charge in [-0.25, -0.2) is 0 Å². The summed E-state index contributed by atoms with van der Waals surface area (Å²) in [5.74, 6) is 2.71. The maximum Gasteiger partial charge on any atom is 0.0837 e. The van der Waals surface area contributed by atoms with E-state index in [0.29, 0.717) is 18.3 Å². The highest BCUT2D eigenvalue weighted by Crippen LogP contribution is 2.63. The van der Waals surface area contributed by atoms with Crippen molar-refractivity contribution in [2.45, 2.75) is 63.2 Å². The van der Waals surface area contributed by atoms with Crippen molar-refractivity contribution in [3.8, 4) is 12.1 Å². The normalized spacial score (nSPS) is 35.8. The van der Waals surface area contributed by atoms with Gasteiger partial charge in [0.25, 0.3) is 0 Å². The van der Waals surface area contributed by atoms with Crippen molar-refractivity contribution in [2.75, 3.05) is 0 Å². The molecule has 1 unspecified atom stereocenters. The van der Waals surface area contributed by atoms with Gasteiger partial charge in [-0.15, -0.1) is 0 Å². The van der Waals surface area contributed by atoms with Crippen LogP contribution in [0.1, 0.15) is 63.4 Å². The second kappa shape index (κ2) is 5.93. The van der Waals surface area contributed by atoms with Crippen molar-refractivity contribution in [3.63, 3.8) is 0 Å². The molecule has 2 heteroatoms. The van der Waals surface area contributed by atoms with Gasteiger partial charge in [-0.2, -0.15) is 10.5 Å². The number of nitrogens with zero attached hydrogens (tertiary/aromatic N) is 2. The van der Waals surface area contributed by atoms with Gasteiger partial charge in [0.2, 0.25) is 0 Å². The molecule has 5 rings (SSSR count). The maximum atomic E-state index is 10.2. The van der Waals surface area contributed by atoms with Crippen LogP contribution in [0.2, 0.25) is 0 Å². The van der Waals surface area contributed by atoms with Crippen LogP contribution in [-0.2, 0) is 5.41 Å². The molecule has 0 saturated heterocycles. The standard InChI is InChI=1S/C22H26N2/c23-8-4-7-22(16-24,20-5-2-1-3-6-20)15-21-12-17-9-18(13-21)11-19(10-17)14-21/h1-3,5-6,17-19H,4,7,9-15H2. The molecule has 4 fully saturated rings. The Labute approximate surface area is 145 Å². The number of hydrogen-bond acceptors (Lipinski definition) is 2. The summed E-state index contributed by atoms with van der Waals surface area (Å²) >= 11 is 0. The zero-order valence-electron chi connectivity index (χ0n) is 14.4. The molecule has 0 spiro atoms. The zero-order chi connectivity index (χ0) is 16.6. The minimum atomic E-state index is -0.483. The summed E-state index contributed by atoms with van der Waals surface area (Å²) in [6, 6.07) is 15.3. The first kappa shape index (κ1) is 15.7. The first-order valence-electron chi connectivity index (χ1n) is 9.51. The van der Waals surface area contributed by atoms with E-state index in [1.165, 1.54) is 38.5 Å². The van der Waals surface area contributed by atoms with Crippen LogP contribution in [0, 0.1) is 45.8 Å². The number of nitriles is 2. The average Bonchev–Trinajstić information content (AvgIpc) is 2.58. The van der Waals surface area contributed by atoms with Crippen LogP contribution in [0.4, 0.5) is 0 Å². The van der Waals surface area contributed by atoms with Crippen LogP contribution < -0.4 is 0 Å². The van der Waals surface area contributed by atoms with E-state index in [1.54, 1.807) is 0 Å². The fraction of sp³-hybridized carbons (Fsp3) is 0.636. The Morgan fingerprint density at radius 2 is 1.54 bits per heavy atom. The molecule has 4 bridgehead atoms. The van der Waals surface area contributed by atoms with Crippen LogP contribution in [0.5, 0.6) is 0 Å². The van der Waals surface area contributed by atoms with Crippen molar-refractivity contribution >= 4 is 0 Å². The Morgan fingerprint density at radius 3 is 2.04 bits per heavy atom. The highest BCUT2D eigenvalue weighted by Gasteiger charge is 2.53. The van der Waals surface area contributed by atoms with Crippen molar-refractivity contribution in [1.29, 1.82) is 10.5 Å². The van der Waals surface area contributed by atoms with Crippen LogP contribution >= 0.6 is 0 Å². The Kier molecular flexibility index (Phi) is 3.88. The van der Waals surface area contributed by atoms with Gasteiger partial charge >= 0.3 is 0 Å². The number of rotatable bonds is 5. The molecule has 2 nitrogen and oxygen atoms in total. The lowest BCUT2D eigenvalue weighted by atomic mass is 9.46. The summed E-state index contributed by atoms with van der Waals surface area (Å²) in [6.07, 6.45) is 10.4. The van der Waals surface area contributed by atoms with Crippen molar-refractivity contribution in [2.24, 2.45) is 23.2 Å². The number of hydrogen-bond donors (Lipinski definition) is 0. The van der Waals surface area contributed by atoms with Gasteiger partial charge in [-0.3, -0.25) is 0 Å². The average molecular weight is 318 g/mol. The second-order valence-corrected chi connectivity index (χ2v) is 8.81. The maximum absolute atomic E-state index is 10.2. The van der Waals surface area contributed by atoms with Crippen molar-refractivity contribution in [1.82, 2.24) is 0 Å². The fourth-order valence-corrected chi connectivity index (χ4v) is 6.67. The molecule has 4 aliphatic carbocycles. The molecule has 4 aliphatic rings. The lowest BCUT2D eigenvalue weighted by Crippen LogP contribution is -2.48. The SMILES string of the molecule is N#CCCC(C#N)(CC12CC3CC(CC(C3)C1)C2)c1ccccc1. The molecule has 0 aromatic heterocycles. The Morgan fingerprint density at radius 1 is 0.958 bits per heavy atom. The molecule has 0 aliphatic heterocycles. The van der Waals surface area contributed by atoms with E-state index in [4.69, 9.17) is 5.26 Å². The molecule has 1 aromatic carbocycles. The number of benzene rings is 1. The van der Waals surface area contributed by atoms with Crippen molar-refractivity contribution in [3.05, 3.63) is 35.9 Å². The van der Waals surface area contributed by atoms with Gasteiger partial charge in [0, 0.05) is 6.42 Å². The highest BCUT2D eigenvalue weighted by molar-refractivity contribution is 5.33. The quantitative estimate of drug-likeness (QED) is 0.734. The molecule has 0 heterocycles. The van der Waals surface area contributed by atoms with E-state index < -0.39 is 5.41 Å². The van der Waals surface area contributed by atoms with E-state index in [-0.39, 0.29) is 0 Å². The molecular formula is C22H26N2. The molecule has 0 N–H and O–H groups in total. The Bertz CT molecular complexity index is 643. The second-order valence-electron chi connectivity index (χ2n) is 8.81. The van der Waals surface area contributed by atoms with Gasteiger partial charge < -0.3 is 0 Å². The monoisotopic (exact) mass is 318 g/mol. The van der Waals surface area contributed by atoms with E-state index in [2.05, 4.69) is 24.3 Å². The predicted octanol–water partition coefficient (Wildman–Crippen LogP) is 5.36. The summed E-state index contributed by atoms with van der Waals surface area (Å²) in [5, 5.41) is 19.3. The van der Waals surface area contributed by atoms with Gasteiger partial charge in [-0.05, 0) is 80.1 Å². The highest BCUT2D eigenvalue weighted by atomic mass is 14.6. The minimum absolute atomic E-state index is 0.357. The fourth-order valence-electron chi connectivity index (χ4n) is 6.67. The molecule has 4 saturated carbocycles. The molecule has 0 amide bonds. The van der Waals surface area contributed by atoms with Gasteiger partial charge in [0.15, 0.2) is 0 Å². The van der Waals surface area contributed by atoms with Crippen LogP contribution in [-0.4, -0.2) is 0 Å². The smallest absolute Gasteiger partial charge is 0.0837 e. The third-order valence-electron chi connectivity index (χ3n) is 7.05. The molecule has 124 valence electrons. The summed E-state index contributed by atoms with van der Waals surface area (Å²) in [4.78, 5) is 0.